The van der Waals surface area contributed by atoms with E-state index < -0.39 is 32.6 Å². The maximum Gasteiger partial charge on any atom is 0.511 e. The largest absolute Gasteiger partial charge is 0.511 e. The van der Waals surface area contributed by atoms with Gasteiger partial charge >= 0.3 is 12.1 Å². The van der Waals surface area contributed by atoms with Gasteiger partial charge in [-0.05, 0) is 42.9 Å². The van der Waals surface area contributed by atoms with Gasteiger partial charge in [0.15, 0.2) is 0 Å². The Bertz CT molecular complexity index is 529. The molecule has 7 nitrogen and oxygen atoms in total. The Morgan fingerprint density at radius 1 is 1.35 bits per heavy atom. The van der Waals surface area contributed by atoms with Gasteiger partial charge in [-0.15, -0.1) is 11.8 Å². The van der Waals surface area contributed by atoms with E-state index in [4.69, 9.17) is 21.1 Å². The van der Waals surface area contributed by atoms with Crippen LogP contribution in [-0.4, -0.2) is 55.4 Å². The van der Waals surface area contributed by atoms with Gasteiger partial charge in [0.05, 0.1) is 6.61 Å². The number of alkyl halides is 2. The second kappa shape index (κ2) is 6.83. The smallest absolute Gasteiger partial charge is 0.434 e. The average Bonchev–Trinajstić information content (AvgIpc) is 2.75. The van der Waals surface area contributed by atoms with Crippen LogP contribution in [0.5, 0.6) is 0 Å². The highest BCUT2D eigenvalue weighted by Crippen LogP contribution is 2.59. The number of esters is 1. The molecule has 10 heteroatoms. The molecule has 23 heavy (non-hydrogen) atoms. The Balaban J connectivity index is 1.92. The normalized spacial score (nSPS) is 31.2. The lowest BCUT2D eigenvalue weighted by Crippen LogP contribution is -2.68. The molecule has 0 aromatic heterocycles. The number of rotatable bonds is 5. The second-order valence-electron chi connectivity index (χ2n) is 5.64. The van der Waals surface area contributed by atoms with E-state index in [1.807, 2.05) is 43.4 Å². The molecule has 0 spiro atoms. The highest BCUT2D eigenvalue weighted by atomic mass is 127. The Morgan fingerprint density at radius 2 is 2.00 bits per heavy atom. The second-order valence-corrected chi connectivity index (χ2v) is 10.3. The van der Waals surface area contributed by atoms with Crippen LogP contribution in [0.1, 0.15) is 27.2 Å². The van der Waals surface area contributed by atoms with Crippen molar-refractivity contribution in [2.45, 2.75) is 46.2 Å². The fraction of sp³-hybridized carbons (Fsp3) is 0.769. The zero-order valence-electron chi connectivity index (χ0n) is 12.8. The van der Waals surface area contributed by atoms with Crippen molar-refractivity contribution in [1.29, 1.82) is 0 Å². The quantitative estimate of drug-likeness (QED) is 0.198. The summed E-state index contributed by atoms with van der Waals surface area (Å²) in [6.07, 6.45) is -0.234. The van der Waals surface area contributed by atoms with E-state index in [-0.39, 0.29) is 17.9 Å². The molecule has 2 fully saturated rings. The third-order valence-electron chi connectivity index (χ3n) is 3.46. The summed E-state index contributed by atoms with van der Waals surface area (Å²) in [7, 11) is 0. The molecule has 0 aromatic carbocycles. The Hall–Kier alpha value is -0.420. The van der Waals surface area contributed by atoms with Gasteiger partial charge in [0, 0.05) is 4.75 Å². The minimum Gasteiger partial charge on any atom is -0.434 e. The van der Waals surface area contributed by atoms with Gasteiger partial charge in [0.1, 0.15) is 11.4 Å². The van der Waals surface area contributed by atoms with Crippen LogP contribution in [-0.2, 0) is 23.8 Å². The topological polar surface area (TPSA) is 82.1 Å². The number of carbonyl (C=O) groups is 3. The summed E-state index contributed by atoms with van der Waals surface area (Å²) < 4.78 is 12.7. The van der Waals surface area contributed by atoms with Crippen molar-refractivity contribution in [1.82, 2.24) is 4.90 Å². The minimum atomic E-state index is -1.03. The first-order valence-electron chi connectivity index (χ1n) is 6.97. The zero-order valence-corrected chi connectivity index (χ0v) is 16.6. The third kappa shape index (κ3) is 3.51. The predicted molar refractivity (Wildman–Crippen MR) is 92.4 cm³/mol. The van der Waals surface area contributed by atoms with E-state index in [1.54, 1.807) is 0 Å². The number of hydrogen-bond donors (Lipinski definition) is 0. The van der Waals surface area contributed by atoms with Crippen LogP contribution in [0.4, 0.5) is 4.79 Å². The lowest BCUT2D eigenvalue weighted by Gasteiger charge is -2.46. The van der Waals surface area contributed by atoms with Crippen LogP contribution in [0.2, 0.25) is 0 Å². The van der Waals surface area contributed by atoms with Gasteiger partial charge in [-0.25, -0.2) is 9.59 Å². The Labute approximate surface area is 156 Å². The molecule has 0 aliphatic carbocycles. The molecular formula is C13H17ClINO6S. The SMILES string of the molecule is CCCOC(=O)OCOC(=O)[C@@H]1N2C(=O)C(Cl)(I)[C@H]2SC1(C)C. The number of thioether (sulfide) groups is 1. The maximum atomic E-state index is 12.3. The van der Waals surface area contributed by atoms with Crippen molar-refractivity contribution in [2.75, 3.05) is 13.4 Å². The minimum absolute atomic E-state index is 0.233. The first kappa shape index (κ1) is 18.9. The number of β-lactam (4-membered cyclic amide) rings is 1. The molecule has 2 saturated heterocycles. The molecule has 1 unspecified atom stereocenters. The molecule has 2 aliphatic heterocycles. The third-order valence-corrected chi connectivity index (χ3v) is 7.07. The summed E-state index contributed by atoms with van der Waals surface area (Å²) in [4.78, 5) is 37.0. The number of fused-ring (bicyclic) bond motifs is 1. The van der Waals surface area contributed by atoms with Gasteiger partial charge in [-0.2, -0.15) is 0 Å². The molecule has 2 heterocycles. The summed E-state index contributed by atoms with van der Waals surface area (Å²) in [5.41, 5.74) is 0. The van der Waals surface area contributed by atoms with Gasteiger partial charge < -0.3 is 19.1 Å². The van der Waals surface area contributed by atoms with Crippen LogP contribution in [0, 0.1) is 0 Å². The summed E-state index contributed by atoms with van der Waals surface area (Å²) in [6.45, 7) is 5.21. The highest BCUT2D eigenvalue weighted by Gasteiger charge is 2.70. The summed E-state index contributed by atoms with van der Waals surface area (Å²) >= 11 is 9.52. The summed E-state index contributed by atoms with van der Waals surface area (Å²) in [5, 5.41) is -0.291. The molecule has 1 amide bonds. The van der Waals surface area contributed by atoms with Crippen molar-refractivity contribution in [3.63, 3.8) is 0 Å². The average molecular weight is 478 g/mol. The molecule has 0 radical (unpaired) electrons. The van der Waals surface area contributed by atoms with E-state index in [9.17, 15) is 14.4 Å². The van der Waals surface area contributed by atoms with E-state index in [2.05, 4.69) is 4.74 Å². The van der Waals surface area contributed by atoms with Gasteiger partial charge in [0.25, 0.3) is 5.91 Å². The van der Waals surface area contributed by atoms with Crippen LogP contribution in [0.15, 0.2) is 0 Å². The molecule has 3 atom stereocenters. The standard InChI is InChI=1S/C13H17ClINO6S/c1-4-5-20-11(19)22-6-21-8(17)7-12(2,3)23-10-13(14,15)9(18)16(7)10/h7,10H,4-6H2,1-3H3/t7-,10+,13?/m0/s1. The Kier molecular flexibility index (Phi) is 5.62. The molecular weight excluding hydrogens is 461 g/mol. The fourth-order valence-electron chi connectivity index (χ4n) is 2.40. The fourth-order valence-corrected chi connectivity index (χ4v) is 5.19. The number of halogens is 2. The van der Waals surface area contributed by atoms with E-state index >= 15 is 0 Å². The van der Waals surface area contributed by atoms with E-state index in [0.717, 1.165) is 0 Å². The molecule has 0 bridgehead atoms. The van der Waals surface area contributed by atoms with Crippen molar-refractivity contribution in [2.24, 2.45) is 0 Å². The van der Waals surface area contributed by atoms with Gasteiger partial charge in [-0.1, -0.05) is 18.5 Å². The molecule has 0 N–H and O–H groups in total. The number of hydrogen-bond acceptors (Lipinski definition) is 7. The number of nitrogens with zero attached hydrogens (tertiary/aromatic N) is 1. The van der Waals surface area contributed by atoms with Gasteiger partial charge in [0.2, 0.25) is 9.67 Å². The monoisotopic (exact) mass is 477 g/mol. The van der Waals surface area contributed by atoms with Crippen molar-refractivity contribution >= 4 is 64.0 Å². The molecule has 130 valence electrons. The molecule has 0 saturated carbocycles. The van der Waals surface area contributed by atoms with Gasteiger partial charge in [-0.3, -0.25) is 4.79 Å². The molecule has 2 aliphatic rings. The first-order chi connectivity index (χ1) is 10.6. The lowest BCUT2D eigenvalue weighted by atomic mass is 9.98. The molecule has 2 rings (SSSR count). The number of amides is 1. The van der Waals surface area contributed by atoms with E-state index in [0.29, 0.717) is 6.42 Å². The highest BCUT2D eigenvalue weighted by molar-refractivity contribution is 14.1. The van der Waals surface area contributed by atoms with E-state index in [1.165, 1.54) is 16.7 Å². The van der Waals surface area contributed by atoms with Crippen LogP contribution >= 0.6 is 46.0 Å². The van der Waals surface area contributed by atoms with Crippen LogP contribution in [0.3, 0.4) is 0 Å². The summed E-state index contributed by atoms with van der Waals surface area (Å²) in [5.74, 6) is -0.946. The first-order valence-corrected chi connectivity index (χ1v) is 9.31. The van der Waals surface area contributed by atoms with Crippen molar-refractivity contribution < 1.29 is 28.6 Å². The maximum absolute atomic E-state index is 12.3. The van der Waals surface area contributed by atoms with Crippen molar-refractivity contribution in [3.8, 4) is 0 Å². The van der Waals surface area contributed by atoms with Crippen LogP contribution in [0.25, 0.3) is 0 Å². The van der Waals surface area contributed by atoms with Crippen LogP contribution < -0.4 is 0 Å². The Morgan fingerprint density at radius 3 is 2.61 bits per heavy atom. The predicted octanol–water partition coefficient (Wildman–Crippen LogP) is 2.48. The number of ether oxygens (including phenoxy) is 3. The molecule has 0 aromatic rings. The van der Waals surface area contributed by atoms with Crippen molar-refractivity contribution in [3.05, 3.63) is 0 Å². The zero-order chi connectivity index (χ0) is 17.4. The number of carbonyl (C=O) groups excluding carboxylic acids is 3. The lowest BCUT2D eigenvalue weighted by molar-refractivity contribution is -0.168. The summed E-state index contributed by atoms with van der Waals surface area (Å²) in [6, 6.07) is -0.776.